The molecule has 0 aliphatic carbocycles. The van der Waals surface area contributed by atoms with E-state index in [4.69, 9.17) is 0 Å². The van der Waals surface area contributed by atoms with E-state index < -0.39 is 9.84 Å². The first-order valence-corrected chi connectivity index (χ1v) is 9.54. The molecule has 20 heavy (non-hydrogen) atoms. The molecule has 0 aliphatic heterocycles. The zero-order valence-electron chi connectivity index (χ0n) is 14.4. The number of hydrogen-bond acceptors (Lipinski definition) is 4. The Morgan fingerprint density at radius 1 is 1.15 bits per heavy atom. The Bertz CT molecular complexity index is 374. The molecule has 0 radical (unpaired) electrons. The van der Waals surface area contributed by atoms with Crippen LogP contribution in [0.5, 0.6) is 0 Å². The second kappa shape index (κ2) is 7.76. The predicted molar refractivity (Wildman–Crippen MR) is 88.0 cm³/mol. The lowest BCUT2D eigenvalue weighted by atomic mass is 9.84. The summed E-state index contributed by atoms with van der Waals surface area (Å²) in [6, 6.07) is 0. The van der Waals surface area contributed by atoms with Gasteiger partial charge in [0, 0.05) is 31.4 Å². The maximum atomic E-state index is 11.2. The number of sulfone groups is 1. The first-order chi connectivity index (χ1) is 8.87. The average Bonchev–Trinajstić information content (AvgIpc) is 2.22. The molecule has 4 nitrogen and oxygen atoms in total. The molecule has 0 saturated carbocycles. The molecular weight excluding hydrogens is 272 g/mol. The number of hydrogen-bond donors (Lipinski definition) is 1. The summed E-state index contributed by atoms with van der Waals surface area (Å²) in [6.07, 6.45) is 3.58. The van der Waals surface area contributed by atoms with Crippen molar-refractivity contribution in [2.24, 2.45) is 5.41 Å². The monoisotopic (exact) mass is 306 g/mol. The molecule has 0 aromatic heterocycles. The van der Waals surface area contributed by atoms with E-state index in [-0.39, 0.29) is 16.7 Å². The van der Waals surface area contributed by atoms with E-state index in [1.807, 2.05) is 7.05 Å². The SMILES string of the molecule is CCCC(C)(CNC(C)(C)C)CN(C)CCS(C)(=O)=O. The first-order valence-electron chi connectivity index (χ1n) is 7.48. The number of nitrogens with zero attached hydrogens (tertiary/aromatic N) is 1. The van der Waals surface area contributed by atoms with Crippen LogP contribution in [0.1, 0.15) is 47.5 Å². The summed E-state index contributed by atoms with van der Waals surface area (Å²) in [4.78, 5) is 2.14. The smallest absolute Gasteiger partial charge is 0.148 e. The van der Waals surface area contributed by atoms with Gasteiger partial charge in [-0.15, -0.1) is 0 Å². The van der Waals surface area contributed by atoms with Crippen LogP contribution in [-0.2, 0) is 9.84 Å². The lowest BCUT2D eigenvalue weighted by Gasteiger charge is -2.36. The molecule has 5 heteroatoms. The highest BCUT2D eigenvalue weighted by atomic mass is 32.2. The molecule has 0 bridgehead atoms. The highest BCUT2D eigenvalue weighted by Gasteiger charge is 2.27. The zero-order valence-corrected chi connectivity index (χ0v) is 15.2. The van der Waals surface area contributed by atoms with Gasteiger partial charge in [-0.25, -0.2) is 8.42 Å². The fourth-order valence-corrected chi connectivity index (χ4v) is 3.00. The summed E-state index contributed by atoms with van der Waals surface area (Å²) < 4.78 is 22.5. The summed E-state index contributed by atoms with van der Waals surface area (Å²) in [7, 11) is -0.870. The van der Waals surface area contributed by atoms with Crippen molar-refractivity contribution in [3.63, 3.8) is 0 Å². The van der Waals surface area contributed by atoms with Crippen molar-refractivity contribution in [1.29, 1.82) is 0 Å². The third kappa shape index (κ3) is 10.6. The summed E-state index contributed by atoms with van der Waals surface area (Å²) in [5.74, 6) is 0.235. The molecule has 0 saturated heterocycles. The van der Waals surface area contributed by atoms with Crippen molar-refractivity contribution >= 4 is 9.84 Å². The van der Waals surface area contributed by atoms with Gasteiger partial charge in [-0.3, -0.25) is 0 Å². The molecule has 0 heterocycles. The molecule has 1 N–H and O–H groups in total. The molecule has 0 aromatic carbocycles. The third-order valence-corrected chi connectivity index (χ3v) is 4.32. The van der Waals surface area contributed by atoms with E-state index in [9.17, 15) is 8.42 Å². The van der Waals surface area contributed by atoms with Gasteiger partial charge in [0.05, 0.1) is 5.75 Å². The maximum absolute atomic E-state index is 11.2. The van der Waals surface area contributed by atoms with E-state index in [2.05, 4.69) is 44.8 Å². The van der Waals surface area contributed by atoms with Crippen molar-refractivity contribution in [2.45, 2.75) is 53.0 Å². The van der Waals surface area contributed by atoms with Crippen LogP contribution in [0.2, 0.25) is 0 Å². The van der Waals surface area contributed by atoms with Crippen LogP contribution in [-0.4, -0.2) is 57.5 Å². The molecule has 122 valence electrons. The van der Waals surface area contributed by atoms with Crippen molar-refractivity contribution < 1.29 is 8.42 Å². The molecule has 0 spiro atoms. The second-order valence-corrected chi connectivity index (χ2v) is 9.79. The van der Waals surface area contributed by atoms with E-state index in [1.165, 1.54) is 6.26 Å². The minimum atomic E-state index is -2.88. The Balaban J connectivity index is 4.50. The van der Waals surface area contributed by atoms with Crippen molar-refractivity contribution in [3.8, 4) is 0 Å². The van der Waals surface area contributed by atoms with Gasteiger partial charge in [0.2, 0.25) is 0 Å². The standard InChI is InChI=1S/C15H34N2O2S/c1-8-9-15(5,12-16-14(2,3)4)13-17(6)10-11-20(7,18)19/h16H,8-13H2,1-7H3. The zero-order chi connectivity index (χ0) is 16.0. The van der Waals surface area contributed by atoms with Gasteiger partial charge >= 0.3 is 0 Å². The topological polar surface area (TPSA) is 49.4 Å². The highest BCUT2D eigenvalue weighted by molar-refractivity contribution is 7.90. The van der Waals surface area contributed by atoms with E-state index in [0.717, 1.165) is 25.9 Å². The van der Waals surface area contributed by atoms with E-state index >= 15 is 0 Å². The van der Waals surface area contributed by atoms with Gasteiger partial charge in [0.25, 0.3) is 0 Å². The van der Waals surface area contributed by atoms with Crippen LogP contribution in [0.15, 0.2) is 0 Å². The van der Waals surface area contributed by atoms with Gasteiger partial charge in [-0.2, -0.15) is 0 Å². The van der Waals surface area contributed by atoms with Crippen LogP contribution in [0.3, 0.4) is 0 Å². The predicted octanol–water partition coefficient (Wildman–Crippen LogP) is 2.16. The van der Waals surface area contributed by atoms with Crippen LogP contribution in [0.4, 0.5) is 0 Å². The van der Waals surface area contributed by atoms with Crippen LogP contribution >= 0.6 is 0 Å². The summed E-state index contributed by atoms with van der Waals surface area (Å²) in [6.45, 7) is 13.5. The molecule has 0 rings (SSSR count). The third-order valence-electron chi connectivity index (χ3n) is 3.39. The van der Waals surface area contributed by atoms with Crippen molar-refractivity contribution in [1.82, 2.24) is 10.2 Å². The fourth-order valence-electron chi connectivity index (χ4n) is 2.36. The summed E-state index contributed by atoms with van der Waals surface area (Å²) >= 11 is 0. The normalized spacial score (nSPS) is 16.4. The molecule has 1 atom stereocenters. The lowest BCUT2D eigenvalue weighted by molar-refractivity contribution is 0.166. The molecule has 1 unspecified atom stereocenters. The molecule has 0 aliphatic rings. The van der Waals surface area contributed by atoms with Crippen LogP contribution in [0, 0.1) is 5.41 Å². The summed E-state index contributed by atoms with van der Waals surface area (Å²) in [5, 5.41) is 3.58. The Hall–Kier alpha value is -0.130. The van der Waals surface area contributed by atoms with Gasteiger partial charge in [-0.1, -0.05) is 20.3 Å². The quantitative estimate of drug-likeness (QED) is 0.709. The lowest BCUT2D eigenvalue weighted by Crippen LogP contribution is -2.47. The molecular formula is C15H34N2O2S. The second-order valence-electron chi connectivity index (χ2n) is 7.53. The molecule has 0 amide bonds. The molecule has 0 aromatic rings. The number of rotatable bonds is 9. The minimum absolute atomic E-state index is 0.111. The maximum Gasteiger partial charge on any atom is 0.148 e. The van der Waals surface area contributed by atoms with Gasteiger partial charge in [-0.05, 0) is 39.7 Å². The summed E-state index contributed by atoms with van der Waals surface area (Å²) in [5.41, 5.74) is 0.286. The highest BCUT2D eigenvalue weighted by Crippen LogP contribution is 2.24. The Kier molecular flexibility index (Phi) is 7.71. The van der Waals surface area contributed by atoms with Gasteiger partial charge in [0.15, 0.2) is 0 Å². The Morgan fingerprint density at radius 2 is 1.70 bits per heavy atom. The van der Waals surface area contributed by atoms with E-state index in [1.54, 1.807) is 0 Å². The van der Waals surface area contributed by atoms with Crippen LogP contribution in [0.25, 0.3) is 0 Å². The van der Waals surface area contributed by atoms with Crippen molar-refractivity contribution in [3.05, 3.63) is 0 Å². The Labute approximate surface area is 126 Å². The van der Waals surface area contributed by atoms with Gasteiger partial charge < -0.3 is 10.2 Å². The minimum Gasteiger partial charge on any atom is -0.311 e. The fraction of sp³-hybridized carbons (Fsp3) is 1.00. The average molecular weight is 307 g/mol. The number of nitrogens with one attached hydrogen (secondary N) is 1. The first kappa shape index (κ1) is 19.9. The van der Waals surface area contributed by atoms with Gasteiger partial charge in [0.1, 0.15) is 9.84 Å². The van der Waals surface area contributed by atoms with E-state index in [0.29, 0.717) is 6.54 Å². The Morgan fingerprint density at radius 3 is 2.10 bits per heavy atom. The van der Waals surface area contributed by atoms with Crippen molar-refractivity contribution in [2.75, 3.05) is 38.7 Å². The molecule has 0 fully saturated rings. The van der Waals surface area contributed by atoms with Crippen LogP contribution < -0.4 is 5.32 Å². The largest absolute Gasteiger partial charge is 0.311 e.